The number of Topliss-reactive ketones (excluding diaryl/α,β-unsaturated/α-hetero) is 1. The topological polar surface area (TPSA) is 97.5 Å². The Morgan fingerprint density at radius 1 is 1.29 bits per heavy atom. The molecule has 1 aromatic carbocycles. The molecule has 3 N–H and O–H groups in total. The molecule has 0 heterocycles. The van der Waals surface area contributed by atoms with Crippen LogP contribution in [0.4, 0.5) is 0 Å². The van der Waals surface area contributed by atoms with Crippen molar-refractivity contribution in [3.05, 3.63) is 29.8 Å². The van der Waals surface area contributed by atoms with Crippen LogP contribution in [0.5, 0.6) is 0 Å². The molecule has 1 rings (SSSR count). The van der Waals surface area contributed by atoms with Crippen molar-refractivity contribution in [3.8, 4) is 0 Å². The fourth-order valence-electron chi connectivity index (χ4n) is 0.931. The summed E-state index contributed by atoms with van der Waals surface area (Å²) in [5, 5.41) is 0. The van der Waals surface area contributed by atoms with E-state index >= 15 is 0 Å². The molecule has 0 aliphatic heterocycles. The predicted molar refractivity (Wildman–Crippen MR) is 49.6 cm³/mol. The summed E-state index contributed by atoms with van der Waals surface area (Å²) in [6.45, 7) is -0.134. The standard InChI is InChI=1S/C8H9NO4S/c9-5-8(10)6-1-3-7(4-2-6)14(11,12)13/h1-4H,5,9H2,(H,11,12,13). The summed E-state index contributed by atoms with van der Waals surface area (Å²) in [5.74, 6) is -0.285. The highest BCUT2D eigenvalue weighted by molar-refractivity contribution is 7.85. The van der Waals surface area contributed by atoms with E-state index in [1.807, 2.05) is 0 Å². The lowest BCUT2D eigenvalue weighted by molar-refractivity contribution is 0.100. The average Bonchev–Trinajstić information content (AvgIpc) is 2.15. The van der Waals surface area contributed by atoms with Crippen LogP contribution < -0.4 is 5.73 Å². The van der Waals surface area contributed by atoms with Crippen molar-refractivity contribution in [1.29, 1.82) is 0 Å². The van der Waals surface area contributed by atoms with Gasteiger partial charge in [0.05, 0.1) is 11.4 Å². The summed E-state index contributed by atoms with van der Waals surface area (Å²) in [5.41, 5.74) is 5.43. The van der Waals surface area contributed by atoms with Crippen molar-refractivity contribution >= 4 is 15.9 Å². The monoisotopic (exact) mass is 215 g/mol. The van der Waals surface area contributed by atoms with Crippen LogP contribution in [0.25, 0.3) is 0 Å². The van der Waals surface area contributed by atoms with Crippen LogP contribution in [0, 0.1) is 0 Å². The molecule has 1 aromatic rings. The zero-order valence-electron chi connectivity index (χ0n) is 7.17. The summed E-state index contributed by atoms with van der Waals surface area (Å²) in [6.07, 6.45) is 0. The van der Waals surface area contributed by atoms with E-state index in [9.17, 15) is 13.2 Å². The predicted octanol–water partition coefficient (Wildman–Crippen LogP) is 0.0747. The number of ketones is 1. The van der Waals surface area contributed by atoms with Gasteiger partial charge in [-0.2, -0.15) is 8.42 Å². The van der Waals surface area contributed by atoms with Gasteiger partial charge in [-0.05, 0) is 24.3 Å². The largest absolute Gasteiger partial charge is 0.324 e. The minimum atomic E-state index is -4.19. The highest BCUT2D eigenvalue weighted by Gasteiger charge is 2.10. The van der Waals surface area contributed by atoms with Crippen LogP contribution >= 0.6 is 0 Å². The molecule has 0 fully saturated rings. The minimum Gasteiger partial charge on any atom is -0.324 e. The third kappa shape index (κ3) is 2.38. The fraction of sp³-hybridized carbons (Fsp3) is 0.125. The fourth-order valence-corrected chi connectivity index (χ4v) is 1.41. The second kappa shape index (κ2) is 3.87. The molecule has 0 saturated carbocycles. The summed E-state index contributed by atoms with van der Waals surface area (Å²) in [7, 11) is -4.19. The molecular formula is C8H9NO4S. The molecule has 0 amide bonds. The van der Waals surface area contributed by atoms with Crippen LogP contribution in [0.1, 0.15) is 10.4 Å². The average molecular weight is 215 g/mol. The van der Waals surface area contributed by atoms with Crippen molar-refractivity contribution in [2.24, 2.45) is 5.73 Å². The van der Waals surface area contributed by atoms with E-state index in [1.165, 1.54) is 12.1 Å². The van der Waals surface area contributed by atoms with Crippen molar-refractivity contribution in [2.45, 2.75) is 4.90 Å². The molecule has 0 aliphatic rings. The lowest BCUT2D eigenvalue weighted by Crippen LogP contribution is -2.13. The third-order valence-corrected chi connectivity index (χ3v) is 2.53. The van der Waals surface area contributed by atoms with Gasteiger partial charge in [0.1, 0.15) is 0 Å². The summed E-state index contributed by atoms with van der Waals surface area (Å²) < 4.78 is 29.9. The third-order valence-electron chi connectivity index (χ3n) is 1.66. The van der Waals surface area contributed by atoms with Gasteiger partial charge in [0.25, 0.3) is 10.1 Å². The van der Waals surface area contributed by atoms with Gasteiger partial charge in [-0.25, -0.2) is 0 Å². The summed E-state index contributed by atoms with van der Waals surface area (Å²) in [6, 6.07) is 4.91. The van der Waals surface area contributed by atoms with Crippen LogP contribution in [-0.4, -0.2) is 25.3 Å². The van der Waals surface area contributed by atoms with Crippen LogP contribution in [0.15, 0.2) is 29.2 Å². The lowest BCUT2D eigenvalue weighted by Gasteiger charge is -1.99. The molecule has 5 nitrogen and oxygen atoms in total. The lowest BCUT2D eigenvalue weighted by atomic mass is 10.1. The molecule has 0 unspecified atom stereocenters. The number of carbonyl (C=O) groups is 1. The summed E-state index contributed by atoms with van der Waals surface area (Å²) in [4.78, 5) is 10.8. The molecule has 0 saturated heterocycles. The maximum Gasteiger partial charge on any atom is 0.294 e. The van der Waals surface area contributed by atoms with Crippen molar-refractivity contribution < 1.29 is 17.8 Å². The minimum absolute atomic E-state index is 0.134. The SMILES string of the molecule is NCC(=O)c1ccc(S(=O)(=O)O)cc1. The molecule has 0 atom stereocenters. The summed E-state index contributed by atoms with van der Waals surface area (Å²) >= 11 is 0. The molecule has 0 aliphatic carbocycles. The van der Waals surface area contributed by atoms with E-state index in [1.54, 1.807) is 0 Å². The van der Waals surface area contributed by atoms with E-state index in [0.29, 0.717) is 5.56 Å². The van der Waals surface area contributed by atoms with E-state index in [4.69, 9.17) is 10.3 Å². The molecular weight excluding hydrogens is 206 g/mol. The quantitative estimate of drug-likeness (QED) is 0.549. The molecule has 76 valence electrons. The number of benzene rings is 1. The van der Waals surface area contributed by atoms with E-state index in [0.717, 1.165) is 12.1 Å². The molecule has 14 heavy (non-hydrogen) atoms. The number of carbonyl (C=O) groups excluding carboxylic acids is 1. The Balaban J connectivity index is 3.07. The molecule has 0 spiro atoms. The second-order valence-electron chi connectivity index (χ2n) is 2.63. The number of hydrogen-bond donors (Lipinski definition) is 2. The van der Waals surface area contributed by atoms with Crippen molar-refractivity contribution in [1.82, 2.24) is 0 Å². The number of nitrogens with two attached hydrogens (primary N) is 1. The van der Waals surface area contributed by atoms with Gasteiger partial charge in [0, 0.05) is 5.56 Å². The van der Waals surface area contributed by atoms with E-state index < -0.39 is 10.1 Å². The maximum absolute atomic E-state index is 11.0. The van der Waals surface area contributed by atoms with Gasteiger partial charge in [0.2, 0.25) is 0 Å². The Morgan fingerprint density at radius 2 is 1.79 bits per heavy atom. The molecule has 0 bridgehead atoms. The van der Waals surface area contributed by atoms with Gasteiger partial charge in [-0.1, -0.05) is 0 Å². The Labute approximate surface area is 81.3 Å². The molecule has 0 aromatic heterocycles. The van der Waals surface area contributed by atoms with Crippen LogP contribution in [-0.2, 0) is 10.1 Å². The van der Waals surface area contributed by atoms with Crippen LogP contribution in [0.3, 0.4) is 0 Å². The van der Waals surface area contributed by atoms with Gasteiger partial charge < -0.3 is 5.73 Å². The zero-order valence-corrected chi connectivity index (χ0v) is 7.99. The Morgan fingerprint density at radius 3 is 2.14 bits per heavy atom. The first kappa shape index (κ1) is 10.8. The van der Waals surface area contributed by atoms with Gasteiger partial charge in [-0.3, -0.25) is 9.35 Å². The Bertz CT molecular complexity index is 435. The van der Waals surface area contributed by atoms with E-state index in [-0.39, 0.29) is 17.2 Å². The molecule has 6 heteroatoms. The Kier molecular flexibility index (Phi) is 3.00. The second-order valence-corrected chi connectivity index (χ2v) is 4.05. The normalized spacial score (nSPS) is 11.3. The first-order valence-electron chi connectivity index (χ1n) is 3.76. The Hall–Kier alpha value is -1.24. The van der Waals surface area contributed by atoms with Gasteiger partial charge in [0.15, 0.2) is 5.78 Å². The first-order chi connectivity index (χ1) is 6.45. The number of rotatable bonds is 3. The van der Waals surface area contributed by atoms with Gasteiger partial charge in [-0.15, -0.1) is 0 Å². The first-order valence-corrected chi connectivity index (χ1v) is 5.20. The van der Waals surface area contributed by atoms with Crippen molar-refractivity contribution in [3.63, 3.8) is 0 Å². The highest BCUT2D eigenvalue weighted by atomic mass is 32.2. The zero-order chi connectivity index (χ0) is 10.8. The van der Waals surface area contributed by atoms with Crippen molar-refractivity contribution in [2.75, 3.05) is 6.54 Å². The maximum atomic E-state index is 11.0. The molecule has 0 radical (unpaired) electrons. The number of hydrogen-bond acceptors (Lipinski definition) is 4. The smallest absolute Gasteiger partial charge is 0.294 e. The van der Waals surface area contributed by atoms with Crippen LogP contribution in [0.2, 0.25) is 0 Å². The van der Waals surface area contributed by atoms with E-state index in [2.05, 4.69) is 0 Å². The highest BCUT2D eigenvalue weighted by Crippen LogP contribution is 2.10. The van der Waals surface area contributed by atoms with Gasteiger partial charge >= 0.3 is 0 Å².